The van der Waals surface area contributed by atoms with Crippen LogP contribution in [0.3, 0.4) is 0 Å². The molecule has 0 radical (unpaired) electrons. The van der Waals surface area contributed by atoms with Gasteiger partial charge in [-0.15, -0.1) is 11.8 Å². The summed E-state index contributed by atoms with van der Waals surface area (Å²) in [5, 5.41) is 24.0. The normalized spacial score (nSPS) is 42.4. The first-order chi connectivity index (χ1) is 23.9. The topological polar surface area (TPSA) is 94.5 Å². The maximum absolute atomic E-state index is 13.2. The Kier molecular flexibility index (Phi) is 9.94. The minimum Gasteiger partial charge on any atom is -0.453 e. The lowest BCUT2D eigenvalue weighted by molar-refractivity contribution is -0.262. The van der Waals surface area contributed by atoms with Gasteiger partial charge in [-0.1, -0.05) is 74.0 Å². The smallest absolute Gasteiger partial charge is 0.338 e. The van der Waals surface area contributed by atoms with Crippen molar-refractivity contribution in [3.05, 3.63) is 90.0 Å². The van der Waals surface area contributed by atoms with Gasteiger partial charge in [-0.25, -0.2) is 4.79 Å². The van der Waals surface area contributed by atoms with Gasteiger partial charge >= 0.3 is 5.97 Å². The molecule has 2 aromatic carbocycles. The number of allylic oxidation sites excluding steroid dienone is 2. The summed E-state index contributed by atoms with van der Waals surface area (Å²) >= 11 is 1.63. The number of benzene rings is 2. The molecule has 1 heterocycles. The van der Waals surface area contributed by atoms with Gasteiger partial charge in [0.05, 0.1) is 34.7 Å². The van der Waals surface area contributed by atoms with Crippen molar-refractivity contribution in [2.75, 3.05) is 7.11 Å². The second kappa shape index (κ2) is 13.8. The molecule has 9 unspecified atom stereocenters. The number of carbonyl (C=O) groups is 1. The van der Waals surface area contributed by atoms with E-state index in [-0.39, 0.29) is 34.5 Å². The van der Waals surface area contributed by atoms with E-state index in [0.717, 1.165) is 42.6 Å². The summed E-state index contributed by atoms with van der Waals surface area (Å²) in [5.74, 6) is 0.0302. The fourth-order valence-corrected chi connectivity index (χ4v) is 12.0. The van der Waals surface area contributed by atoms with Gasteiger partial charge in [0.25, 0.3) is 0 Å². The highest BCUT2D eigenvalue weighted by Gasteiger charge is 2.69. The zero-order chi connectivity index (χ0) is 35.4. The Morgan fingerprint density at radius 1 is 1.00 bits per heavy atom. The number of aliphatic hydroxyl groups excluding tert-OH is 1. The van der Waals surface area contributed by atoms with Crippen LogP contribution in [0.25, 0.3) is 0 Å². The average molecular weight is 703 g/mol. The SMILES string of the molecule is C=C(C)C1CC[C@]2(O)C3CC=C4CC(OC5OC(C)C(OC(=O)c6ccccc6)C(OC)C5Sc5ccccc5)CC[C@]4(C)C3C[C@@H](O)[C@]12C. The monoisotopic (exact) mass is 702 g/mol. The van der Waals surface area contributed by atoms with Crippen molar-refractivity contribution in [3.8, 4) is 0 Å². The van der Waals surface area contributed by atoms with Crippen LogP contribution in [0.5, 0.6) is 0 Å². The van der Waals surface area contributed by atoms with Crippen molar-refractivity contribution in [1.82, 2.24) is 0 Å². The summed E-state index contributed by atoms with van der Waals surface area (Å²) in [6.45, 7) is 12.7. The minimum atomic E-state index is -0.916. The molecular formula is C42H54O7S. The van der Waals surface area contributed by atoms with Crippen molar-refractivity contribution in [3.63, 3.8) is 0 Å². The predicted octanol–water partition coefficient (Wildman–Crippen LogP) is 7.76. The highest BCUT2D eigenvalue weighted by Crippen LogP contribution is 2.68. The molecule has 5 aliphatic rings. The van der Waals surface area contributed by atoms with Crippen molar-refractivity contribution in [2.24, 2.45) is 28.6 Å². The second-order valence-corrected chi connectivity index (χ2v) is 17.3. The third-order valence-corrected chi connectivity index (χ3v) is 14.8. The number of thioether (sulfide) groups is 1. The molecule has 13 atom stereocenters. The number of hydrogen-bond acceptors (Lipinski definition) is 8. The van der Waals surface area contributed by atoms with Crippen LogP contribution in [0.1, 0.15) is 83.0 Å². The molecule has 7 nitrogen and oxygen atoms in total. The van der Waals surface area contributed by atoms with Gasteiger partial charge < -0.3 is 29.2 Å². The number of hydrogen-bond donors (Lipinski definition) is 2. The van der Waals surface area contributed by atoms with Crippen molar-refractivity contribution < 1.29 is 34.0 Å². The zero-order valence-electron chi connectivity index (χ0n) is 30.1. The lowest BCUT2D eigenvalue weighted by Gasteiger charge is -2.63. The van der Waals surface area contributed by atoms with Gasteiger partial charge in [0.2, 0.25) is 0 Å². The van der Waals surface area contributed by atoms with Gasteiger partial charge in [0.1, 0.15) is 6.10 Å². The number of methoxy groups -OCH3 is 1. The van der Waals surface area contributed by atoms with Crippen LogP contribution in [-0.2, 0) is 18.9 Å². The van der Waals surface area contributed by atoms with E-state index in [1.807, 2.05) is 50.2 Å². The first kappa shape index (κ1) is 35.9. The van der Waals surface area contributed by atoms with Gasteiger partial charge in [-0.3, -0.25) is 0 Å². The summed E-state index contributed by atoms with van der Waals surface area (Å²) in [5.41, 5.74) is 1.31. The van der Waals surface area contributed by atoms with E-state index < -0.39 is 47.7 Å². The molecule has 4 aliphatic carbocycles. The standard InChI is InChI=1S/C42H54O7S/c1-25(2)31-20-22-42(45)32-18-17-28-23-29(19-21-40(28,4)33(32)24-34(43)41(31,42)5)48-39-37(50-30-15-11-8-12-16-30)36(46-6)35(26(3)47-39)49-38(44)27-13-9-7-10-14-27/h7-17,26,29,31-37,39,43,45H,1,18-24H2,2-6H3/t26?,29?,31?,32?,33?,34-,35?,36?,37?,39?,40+,41+,42+/m1/s1. The highest BCUT2D eigenvalue weighted by atomic mass is 32.2. The molecule has 50 heavy (non-hydrogen) atoms. The average Bonchev–Trinajstić information content (AvgIpc) is 3.40. The maximum Gasteiger partial charge on any atom is 0.338 e. The highest BCUT2D eigenvalue weighted by molar-refractivity contribution is 8.00. The molecule has 0 amide bonds. The largest absolute Gasteiger partial charge is 0.453 e. The molecule has 0 spiro atoms. The predicted molar refractivity (Wildman–Crippen MR) is 195 cm³/mol. The van der Waals surface area contributed by atoms with E-state index in [2.05, 4.69) is 38.6 Å². The fraction of sp³-hybridized carbons (Fsp3) is 0.595. The molecular weight excluding hydrogens is 649 g/mol. The van der Waals surface area contributed by atoms with Crippen LogP contribution in [-0.4, -0.2) is 71.0 Å². The Hall–Kier alpha value is -2.46. The van der Waals surface area contributed by atoms with Crippen LogP contribution in [0.2, 0.25) is 0 Å². The van der Waals surface area contributed by atoms with Gasteiger partial charge in [0, 0.05) is 17.4 Å². The first-order valence-corrected chi connectivity index (χ1v) is 19.4. The fourth-order valence-electron chi connectivity index (χ4n) is 10.7. The number of fused-ring (bicyclic) bond motifs is 5. The van der Waals surface area contributed by atoms with Crippen LogP contribution < -0.4 is 0 Å². The minimum absolute atomic E-state index is 0.0657. The molecule has 1 saturated heterocycles. The molecule has 0 bridgehead atoms. The third kappa shape index (κ3) is 5.92. The van der Waals surface area contributed by atoms with Crippen LogP contribution in [0.4, 0.5) is 0 Å². The Morgan fingerprint density at radius 2 is 1.70 bits per heavy atom. The molecule has 2 N–H and O–H groups in total. The number of carbonyl (C=O) groups excluding carboxylic acids is 1. The van der Waals surface area contributed by atoms with Gasteiger partial charge in [-0.2, -0.15) is 0 Å². The van der Waals surface area contributed by atoms with Crippen LogP contribution in [0, 0.1) is 28.6 Å². The molecule has 4 fully saturated rings. The first-order valence-electron chi connectivity index (χ1n) is 18.5. The number of aliphatic hydroxyl groups is 2. The lowest BCUT2D eigenvalue weighted by Crippen LogP contribution is -2.65. The molecule has 7 rings (SSSR count). The summed E-state index contributed by atoms with van der Waals surface area (Å²) < 4.78 is 25.8. The summed E-state index contributed by atoms with van der Waals surface area (Å²) in [7, 11) is 1.66. The second-order valence-electron chi connectivity index (χ2n) is 16.0. The number of rotatable bonds is 8. The molecule has 8 heteroatoms. The molecule has 3 saturated carbocycles. The Morgan fingerprint density at radius 3 is 2.38 bits per heavy atom. The number of esters is 1. The summed E-state index contributed by atoms with van der Waals surface area (Å²) in [4.78, 5) is 14.3. The molecule has 0 aromatic heterocycles. The lowest BCUT2D eigenvalue weighted by atomic mass is 9.44. The summed E-state index contributed by atoms with van der Waals surface area (Å²) in [6, 6.07) is 19.2. The van der Waals surface area contributed by atoms with Crippen molar-refractivity contribution in [1.29, 1.82) is 0 Å². The van der Waals surface area contributed by atoms with Gasteiger partial charge in [0.15, 0.2) is 12.4 Å². The van der Waals surface area contributed by atoms with E-state index in [9.17, 15) is 15.0 Å². The van der Waals surface area contributed by atoms with E-state index >= 15 is 0 Å². The summed E-state index contributed by atoms with van der Waals surface area (Å²) in [6.07, 6.45) is 5.24. The third-order valence-electron chi connectivity index (χ3n) is 13.5. The Bertz CT molecular complexity index is 1580. The maximum atomic E-state index is 13.2. The Balaban J connectivity index is 1.11. The molecule has 1 aliphatic heterocycles. The Labute approximate surface area is 301 Å². The number of ether oxygens (including phenoxy) is 4. The van der Waals surface area contributed by atoms with E-state index in [0.29, 0.717) is 18.4 Å². The zero-order valence-corrected chi connectivity index (χ0v) is 30.9. The van der Waals surface area contributed by atoms with Gasteiger partial charge in [-0.05, 0) is 106 Å². The van der Waals surface area contributed by atoms with E-state index in [1.165, 1.54) is 5.57 Å². The van der Waals surface area contributed by atoms with Crippen molar-refractivity contribution >= 4 is 17.7 Å². The van der Waals surface area contributed by atoms with Crippen molar-refractivity contribution in [2.45, 2.75) is 125 Å². The molecule has 270 valence electrons. The quantitative estimate of drug-likeness (QED) is 0.213. The van der Waals surface area contributed by atoms with Crippen LogP contribution in [0.15, 0.2) is 89.4 Å². The van der Waals surface area contributed by atoms with E-state index in [4.69, 9.17) is 18.9 Å². The molecule has 2 aromatic rings. The van der Waals surface area contributed by atoms with Crippen LogP contribution >= 0.6 is 11.8 Å². The van der Waals surface area contributed by atoms with E-state index in [1.54, 1.807) is 31.0 Å².